The molecule has 5 nitrogen and oxygen atoms in total. The molecule has 100 valence electrons. The summed E-state index contributed by atoms with van der Waals surface area (Å²) >= 11 is 6.03. The molecule has 1 aromatic heterocycles. The highest BCUT2D eigenvalue weighted by atomic mass is 35.5. The topological polar surface area (TPSA) is 66.3 Å². The number of aromatic nitrogens is 2. The third-order valence-electron chi connectivity index (χ3n) is 2.62. The number of fused-ring (bicyclic) bond motifs is 1. The van der Waals surface area contributed by atoms with E-state index in [4.69, 9.17) is 16.7 Å². The molecule has 1 aromatic carbocycles. The molecule has 2 aromatic rings. The summed E-state index contributed by atoms with van der Waals surface area (Å²) in [5.41, 5.74) is 2.56. The summed E-state index contributed by atoms with van der Waals surface area (Å²) in [6.45, 7) is 0.680. The Labute approximate surface area is 115 Å². The number of hydrogen-bond acceptors (Lipinski definition) is 4. The first-order valence-corrected chi connectivity index (χ1v) is 6.14. The second kappa shape index (κ2) is 5.50. The quantitative estimate of drug-likeness (QED) is 0.927. The minimum Gasteiger partial charge on any atom is -0.481 e. The maximum atomic E-state index is 10.9. The average Bonchev–Trinajstić information content (AvgIpc) is 2.31. The largest absolute Gasteiger partial charge is 0.481 e. The summed E-state index contributed by atoms with van der Waals surface area (Å²) in [5, 5.41) is 9.32. The van der Waals surface area contributed by atoms with Gasteiger partial charge >= 0.3 is 5.97 Å². The molecule has 0 radical (unpaired) electrons. The van der Waals surface area contributed by atoms with Crippen LogP contribution in [0.3, 0.4) is 0 Å². The van der Waals surface area contributed by atoms with E-state index in [-0.39, 0.29) is 6.42 Å². The number of benzene rings is 1. The fourth-order valence-corrected chi connectivity index (χ4v) is 2.10. The normalized spacial score (nSPS) is 11.2. The van der Waals surface area contributed by atoms with Gasteiger partial charge in [-0.15, -0.1) is 0 Å². The Morgan fingerprint density at radius 3 is 2.79 bits per heavy atom. The van der Waals surface area contributed by atoms with Crippen molar-refractivity contribution in [1.82, 2.24) is 14.9 Å². The third kappa shape index (κ3) is 3.19. The van der Waals surface area contributed by atoms with Crippen LogP contribution in [0.4, 0.5) is 0 Å². The first-order chi connectivity index (χ1) is 8.97. The van der Waals surface area contributed by atoms with Gasteiger partial charge in [0.25, 0.3) is 0 Å². The number of rotatable bonds is 4. The highest BCUT2D eigenvalue weighted by molar-refractivity contribution is 6.32. The zero-order chi connectivity index (χ0) is 14.0. The molecule has 2 rings (SSSR count). The molecule has 1 heterocycles. The van der Waals surface area contributed by atoms with Gasteiger partial charge in [-0.3, -0.25) is 9.78 Å². The Kier molecular flexibility index (Phi) is 3.97. The molecule has 0 aliphatic heterocycles. The van der Waals surface area contributed by atoms with E-state index >= 15 is 0 Å². The molecule has 0 aliphatic rings. The van der Waals surface area contributed by atoms with Crippen LogP contribution in [0.25, 0.3) is 11.0 Å². The minimum absolute atomic E-state index is 0.155. The van der Waals surface area contributed by atoms with Gasteiger partial charge in [-0.25, -0.2) is 4.98 Å². The van der Waals surface area contributed by atoms with Crippen molar-refractivity contribution in [1.29, 1.82) is 0 Å². The maximum absolute atomic E-state index is 10.9. The van der Waals surface area contributed by atoms with E-state index in [1.165, 1.54) is 0 Å². The number of carboxylic acid groups (broad SMARTS) is 1. The monoisotopic (exact) mass is 279 g/mol. The zero-order valence-electron chi connectivity index (χ0n) is 10.7. The minimum atomic E-state index is -0.937. The van der Waals surface area contributed by atoms with Gasteiger partial charge in [0.15, 0.2) is 0 Å². The van der Waals surface area contributed by atoms with Crippen molar-refractivity contribution in [3.05, 3.63) is 34.6 Å². The second-order valence-corrected chi connectivity index (χ2v) is 4.97. The summed E-state index contributed by atoms with van der Waals surface area (Å²) < 4.78 is 0. The van der Waals surface area contributed by atoms with Crippen LogP contribution in [0.2, 0.25) is 5.02 Å². The molecule has 0 spiro atoms. The Hall–Kier alpha value is -1.72. The molecule has 0 aliphatic carbocycles. The first-order valence-electron chi connectivity index (χ1n) is 5.77. The van der Waals surface area contributed by atoms with Crippen molar-refractivity contribution >= 4 is 28.6 Å². The highest BCUT2D eigenvalue weighted by Gasteiger charge is 2.12. The molecular formula is C13H14ClN3O2. The number of hydrogen-bond donors (Lipinski definition) is 1. The van der Waals surface area contributed by atoms with Crippen LogP contribution in [0, 0.1) is 0 Å². The molecule has 1 N–H and O–H groups in total. The Balaban J connectivity index is 2.51. The van der Waals surface area contributed by atoms with Crippen molar-refractivity contribution in [2.45, 2.75) is 13.0 Å². The van der Waals surface area contributed by atoms with E-state index in [0.717, 1.165) is 5.69 Å². The average molecular weight is 280 g/mol. The van der Waals surface area contributed by atoms with Crippen molar-refractivity contribution < 1.29 is 9.90 Å². The Bertz CT molecular complexity index is 629. The summed E-state index contributed by atoms with van der Waals surface area (Å²) in [6, 6.07) is 3.42. The Morgan fingerprint density at radius 2 is 2.16 bits per heavy atom. The van der Waals surface area contributed by atoms with Crippen LogP contribution in [-0.4, -0.2) is 40.0 Å². The van der Waals surface area contributed by atoms with Gasteiger partial charge in [-0.1, -0.05) is 11.6 Å². The molecule has 0 saturated heterocycles. The maximum Gasteiger partial charge on any atom is 0.307 e. The summed E-state index contributed by atoms with van der Waals surface area (Å²) in [5.74, 6) is -0.937. The van der Waals surface area contributed by atoms with Gasteiger partial charge in [0.05, 0.1) is 29.3 Å². The smallest absolute Gasteiger partial charge is 0.307 e. The second-order valence-electron chi connectivity index (χ2n) is 4.56. The molecule has 0 atom stereocenters. The summed E-state index contributed by atoms with van der Waals surface area (Å²) in [6.07, 6.45) is 1.50. The lowest BCUT2D eigenvalue weighted by Crippen LogP contribution is -2.12. The van der Waals surface area contributed by atoms with Crippen LogP contribution >= 0.6 is 11.6 Å². The van der Waals surface area contributed by atoms with E-state index < -0.39 is 5.97 Å². The predicted octanol–water partition coefficient (Wildman–Crippen LogP) is 1.97. The Morgan fingerprint density at radius 1 is 1.42 bits per heavy atom. The van der Waals surface area contributed by atoms with E-state index in [2.05, 4.69) is 9.97 Å². The molecular weight excluding hydrogens is 266 g/mol. The number of nitrogens with zero attached hydrogens (tertiary/aromatic N) is 3. The van der Waals surface area contributed by atoms with Gasteiger partial charge in [-0.2, -0.15) is 0 Å². The van der Waals surface area contributed by atoms with E-state index in [1.807, 2.05) is 19.0 Å². The summed E-state index contributed by atoms with van der Waals surface area (Å²) in [7, 11) is 3.90. The third-order valence-corrected chi connectivity index (χ3v) is 2.97. The van der Waals surface area contributed by atoms with Crippen molar-refractivity contribution in [2.75, 3.05) is 14.1 Å². The predicted molar refractivity (Wildman–Crippen MR) is 73.3 cm³/mol. The fourth-order valence-electron chi connectivity index (χ4n) is 1.88. The van der Waals surface area contributed by atoms with Gasteiger partial charge in [-0.05, 0) is 26.2 Å². The van der Waals surface area contributed by atoms with Crippen LogP contribution < -0.4 is 0 Å². The lowest BCUT2D eigenvalue weighted by atomic mass is 10.1. The SMILES string of the molecule is CN(C)Cc1cnc2c(CC(=O)O)c(Cl)ccc2n1. The first kappa shape index (κ1) is 13.7. The lowest BCUT2D eigenvalue weighted by molar-refractivity contribution is -0.136. The fraction of sp³-hybridized carbons (Fsp3) is 0.308. The lowest BCUT2D eigenvalue weighted by Gasteiger charge is -2.10. The van der Waals surface area contributed by atoms with Gasteiger partial charge in [0.1, 0.15) is 0 Å². The van der Waals surface area contributed by atoms with Gasteiger partial charge < -0.3 is 10.0 Å². The number of halogens is 1. The molecule has 6 heteroatoms. The number of carboxylic acids is 1. The van der Waals surface area contributed by atoms with Gasteiger partial charge in [0.2, 0.25) is 0 Å². The van der Waals surface area contributed by atoms with Crippen molar-refractivity contribution in [2.24, 2.45) is 0 Å². The number of aliphatic carboxylic acids is 1. The van der Waals surface area contributed by atoms with E-state index in [1.54, 1.807) is 18.3 Å². The van der Waals surface area contributed by atoms with Crippen LogP contribution in [0.15, 0.2) is 18.3 Å². The molecule has 0 saturated carbocycles. The van der Waals surface area contributed by atoms with Crippen molar-refractivity contribution in [3.8, 4) is 0 Å². The molecule has 0 fully saturated rings. The van der Waals surface area contributed by atoms with E-state index in [0.29, 0.717) is 28.2 Å². The van der Waals surface area contributed by atoms with Gasteiger partial charge in [0, 0.05) is 17.1 Å². The molecule has 0 bridgehead atoms. The van der Waals surface area contributed by atoms with E-state index in [9.17, 15) is 4.79 Å². The number of carbonyl (C=O) groups is 1. The zero-order valence-corrected chi connectivity index (χ0v) is 11.5. The van der Waals surface area contributed by atoms with Crippen LogP contribution in [-0.2, 0) is 17.8 Å². The molecule has 0 amide bonds. The van der Waals surface area contributed by atoms with Crippen molar-refractivity contribution in [3.63, 3.8) is 0 Å². The molecule has 19 heavy (non-hydrogen) atoms. The van der Waals surface area contributed by atoms with Crippen LogP contribution in [0.1, 0.15) is 11.3 Å². The molecule has 0 unspecified atom stereocenters. The standard InChI is InChI=1S/C13H14ClN3O2/c1-17(2)7-8-6-15-13-9(5-12(18)19)10(14)3-4-11(13)16-8/h3-4,6H,5,7H2,1-2H3,(H,18,19). The summed E-state index contributed by atoms with van der Waals surface area (Å²) in [4.78, 5) is 21.6. The highest BCUT2D eigenvalue weighted by Crippen LogP contribution is 2.24. The van der Waals surface area contributed by atoms with Crippen LogP contribution in [0.5, 0.6) is 0 Å².